The van der Waals surface area contributed by atoms with Gasteiger partial charge in [-0.1, -0.05) is 6.07 Å². The van der Waals surface area contributed by atoms with E-state index in [1.54, 1.807) is 13.2 Å². The summed E-state index contributed by atoms with van der Waals surface area (Å²) in [5, 5.41) is 7.32. The summed E-state index contributed by atoms with van der Waals surface area (Å²) in [5.74, 6) is 0.550. The van der Waals surface area contributed by atoms with Crippen LogP contribution < -0.4 is 10.1 Å². The molecule has 1 fully saturated rings. The summed E-state index contributed by atoms with van der Waals surface area (Å²) in [4.78, 5) is 18.6. The van der Waals surface area contributed by atoms with Crippen LogP contribution in [0.15, 0.2) is 30.6 Å². The summed E-state index contributed by atoms with van der Waals surface area (Å²) >= 11 is 0. The van der Waals surface area contributed by atoms with E-state index in [0.29, 0.717) is 19.0 Å². The van der Waals surface area contributed by atoms with Crippen molar-refractivity contribution in [2.45, 2.75) is 32.4 Å². The van der Waals surface area contributed by atoms with Gasteiger partial charge in [0.25, 0.3) is 0 Å². The molecule has 3 rings (SSSR count). The zero-order valence-electron chi connectivity index (χ0n) is 14.1. The number of carbonyl (C=O) groups excluding carboxylic acids is 1. The van der Waals surface area contributed by atoms with E-state index >= 15 is 0 Å². The van der Waals surface area contributed by atoms with Crippen molar-refractivity contribution < 1.29 is 9.53 Å². The normalized spacial score (nSPS) is 17.6. The molecule has 2 aromatic heterocycles. The van der Waals surface area contributed by atoms with Crippen LogP contribution in [0.1, 0.15) is 30.1 Å². The standard InChI is InChI=1S/C17H23N5O2/c1-13-9-19-22(11-13)15-6-4-8-21(12-15)17(23)18-10-14-5-3-7-16(20-14)24-2/h3,5,7,9,11,15H,4,6,8,10,12H2,1-2H3,(H,18,23)/t15-/m0/s1. The summed E-state index contributed by atoms with van der Waals surface area (Å²) < 4.78 is 7.07. The number of piperidine rings is 1. The third kappa shape index (κ3) is 3.84. The number of nitrogens with zero attached hydrogens (tertiary/aromatic N) is 4. The van der Waals surface area contributed by atoms with Gasteiger partial charge < -0.3 is 15.0 Å². The number of urea groups is 1. The molecule has 2 aromatic rings. The second-order valence-corrected chi connectivity index (χ2v) is 6.07. The van der Waals surface area contributed by atoms with Gasteiger partial charge in [0.15, 0.2) is 0 Å². The van der Waals surface area contributed by atoms with Gasteiger partial charge in [-0.05, 0) is 31.4 Å². The van der Waals surface area contributed by atoms with Crippen molar-refractivity contribution in [1.82, 2.24) is 25.0 Å². The van der Waals surface area contributed by atoms with Crippen LogP contribution in [-0.2, 0) is 6.54 Å². The lowest BCUT2D eigenvalue weighted by atomic mass is 10.1. The third-order valence-corrected chi connectivity index (χ3v) is 4.20. The highest BCUT2D eigenvalue weighted by atomic mass is 16.5. The Kier molecular flexibility index (Phi) is 4.98. The molecule has 1 aliphatic heterocycles. The number of methoxy groups -OCH3 is 1. The number of ether oxygens (including phenoxy) is 1. The summed E-state index contributed by atoms with van der Waals surface area (Å²) in [5.41, 5.74) is 1.92. The number of carbonyl (C=O) groups is 1. The van der Waals surface area contributed by atoms with Crippen LogP contribution >= 0.6 is 0 Å². The highest BCUT2D eigenvalue weighted by molar-refractivity contribution is 5.74. The lowest BCUT2D eigenvalue weighted by Crippen LogP contribution is -2.45. The molecule has 3 heterocycles. The maximum atomic E-state index is 12.4. The van der Waals surface area contributed by atoms with E-state index in [9.17, 15) is 4.79 Å². The Morgan fingerprint density at radius 2 is 2.33 bits per heavy atom. The van der Waals surface area contributed by atoms with E-state index in [0.717, 1.165) is 30.6 Å². The molecule has 1 atom stereocenters. The average Bonchev–Trinajstić information content (AvgIpc) is 3.06. The minimum absolute atomic E-state index is 0.0619. The van der Waals surface area contributed by atoms with Crippen LogP contribution in [0.4, 0.5) is 4.79 Å². The van der Waals surface area contributed by atoms with Crippen LogP contribution in [-0.4, -0.2) is 45.9 Å². The van der Waals surface area contributed by atoms with Crippen molar-refractivity contribution in [2.75, 3.05) is 20.2 Å². The highest BCUT2D eigenvalue weighted by Gasteiger charge is 2.25. The van der Waals surface area contributed by atoms with E-state index < -0.39 is 0 Å². The third-order valence-electron chi connectivity index (χ3n) is 4.20. The number of pyridine rings is 1. The van der Waals surface area contributed by atoms with Gasteiger partial charge >= 0.3 is 6.03 Å². The monoisotopic (exact) mass is 329 g/mol. The Bertz CT molecular complexity index is 700. The maximum Gasteiger partial charge on any atom is 0.317 e. The largest absolute Gasteiger partial charge is 0.481 e. The zero-order valence-corrected chi connectivity index (χ0v) is 14.1. The van der Waals surface area contributed by atoms with Gasteiger partial charge in [-0.15, -0.1) is 0 Å². The lowest BCUT2D eigenvalue weighted by molar-refractivity contribution is 0.163. The fourth-order valence-electron chi connectivity index (χ4n) is 2.94. The number of amides is 2. The number of aromatic nitrogens is 3. The molecule has 7 heteroatoms. The molecule has 1 aliphatic rings. The van der Waals surface area contributed by atoms with E-state index in [1.165, 1.54) is 0 Å². The van der Waals surface area contributed by atoms with Crippen molar-refractivity contribution in [1.29, 1.82) is 0 Å². The number of nitrogens with one attached hydrogen (secondary N) is 1. The van der Waals surface area contributed by atoms with E-state index in [1.807, 2.05) is 41.0 Å². The predicted molar refractivity (Wildman–Crippen MR) is 89.8 cm³/mol. The average molecular weight is 329 g/mol. The molecule has 128 valence electrons. The van der Waals surface area contributed by atoms with E-state index in [4.69, 9.17) is 4.74 Å². The molecule has 2 amide bonds. The van der Waals surface area contributed by atoms with Crippen LogP contribution in [0.3, 0.4) is 0 Å². The Morgan fingerprint density at radius 3 is 3.08 bits per heavy atom. The lowest BCUT2D eigenvalue weighted by Gasteiger charge is -2.32. The summed E-state index contributed by atoms with van der Waals surface area (Å²) in [6.07, 6.45) is 5.91. The summed E-state index contributed by atoms with van der Waals surface area (Å²) in [6, 6.07) is 5.70. The molecule has 0 radical (unpaired) electrons. The molecule has 24 heavy (non-hydrogen) atoms. The van der Waals surface area contributed by atoms with Gasteiger partial charge in [0.2, 0.25) is 5.88 Å². The van der Waals surface area contributed by atoms with Crippen LogP contribution in [0, 0.1) is 6.92 Å². The highest BCUT2D eigenvalue weighted by Crippen LogP contribution is 2.21. The van der Waals surface area contributed by atoms with Crippen molar-refractivity contribution in [3.63, 3.8) is 0 Å². The summed E-state index contributed by atoms with van der Waals surface area (Å²) in [7, 11) is 1.58. The topological polar surface area (TPSA) is 72.3 Å². The first-order valence-electron chi connectivity index (χ1n) is 8.19. The smallest absolute Gasteiger partial charge is 0.317 e. The fourth-order valence-corrected chi connectivity index (χ4v) is 2.94. The predicted octanol–water partition coefficient (Wildman–Crippen LogP) is 2.14. The Morgan fingerprint density at radius 1 is 1.46 bits per heavy atom. The van der Waals surface area contributed by atoms with Gasteiger partial charge in [0.05, 0.1) is 31.6 Å². The van der Waals surface area contributed by atoms with Crippen LogP contribution in [0.5, 0.6) is 5.88 Å². The fraction of sp³-hybridized carbons (Fsp3) is 0.471. The number of rotatable bonds is 4. The number of hydrogen-bond donors (Lipinski definition) is 1. The van der Waals surface area contributed by atoms with Gasteiger partial charge in [-0.25, -0.2) is 9.78 Å². The second-order valence-electron chi connectivity index (χ2n) is 6.07. The molecule has 7 nitrogen and oxygen atoms in total. The van der Waals surface area contributed by atoms with Gasteiger partial charge in [-0.2, -0.15) is 5.10 Å². The second kappa shape index (κ2) is 7.33. The molecular weight excluding hydrogens is 306 g/mol. The molecule has 0 saturated carbocycles. The Balaban J connectivity index is 1.56. The molecule has 0 aromatic carbocycles. The molecule has 0 aliphatic carbocycles. The van der Waals surface area contributed by atoms with Crippen molar-refractivity contribution in [3.8, 4) is 5.88 Å². The molecule has 0 unspecified atom stereocenters. The molecule has 1 N–H and O–H groups in total. The quantitative estimate of drug-likeness (QED) is 0.933. The first kappa shape index (κ1) is 16.3. The minimum Gasteiger partial charge on any atom is -0.481 e. The Hall–Kier alpha value is -2.57. The zero-order chi connectivity index (χ0) is 16.9. The molecule has 0 spiro atoms. The summed E-state index contributed by atoms with van der Waals surface area (Å²) in [6.45, 7) is 3.86. The Labute approximate surface area is 141 Å². The van der Waals surface area contributed by atoms with E-state index in [2.05, 4.69) is 15.4 Å². The first-order chi connectivity index (χ1) is 11.7. The van der Waals surface area contributed by atoms with Crippen LogP contribution in [0.25, 0.3) is 0 Å². The van der Waals surface area contributed by atoms with Gasteiger partial charge in [-0.3, -0.25) is 4.68 Å². The molecular formula is C17H23N5O2. The number of likely N-dealkylation sites (tertiary alicyclic amines) is 1. The molecule has 1 saturated heterocycles. The van der Waals surface area contributed by atoms with Crippen molar-refractivity contribution in [2.24, 2.45) is 0 Å². The van der Waals surface area contributed by atoms with Crippen LogP contribution in [0.2, 0.25) is 0 Å². The SMILES string of the molecule is COc1cccc(CNC(=O)N2CCC[C@H](n3cc(C)cn3)C2)n1. The van der Waals surface area contributed by atoms with Gasteiger partial charge in [0, 0.05) is 25.4 Å². The first-order valence-corrected chi connectivity index (χ1v) is 8.19. The molecule has 0 bridgehead atoms. The van der Waals surface area contributed by atoms with Crippen molar-refractivity contribution >= 4 is 6.03 Å². The van der Waals surface area contributed by atoms with E-state index in [-0.39, 0.29) is 12.1 Å². The van der Waals surface area contributed by atoms with Gasteiger partial charge in [0.1, 0.15) is 0 Å². The maximum absolute atomic E-state index is 12.4. The number of hydrogen-bond acceptors (Lipinski definition) is 4. The number of aryl methyl sites for hydroxylation is 1. The minimum atomic E-state index is -0.0619. The van der Waals surface area contributed by atoms with Crippen molar-refractivity contribution in [3.05, 3.63) is 41.9 Å².